The standard InChI is InChI=1S/C13H16N4O2/c1-7(12(18)16-8-5-6-8)15-13-17-11-9(14)3-2-4-10(11)19-13/h2-4,7-8H,5-6,14H2,1H3,(H,15,17)(H,16,18). The monoisotopic (exact) mass is 260 g/mol. The molecule has 0 aliphatic heterocycles. The number of para-hydroxylation sites is 1. The van der Waals surface area contributed by atoms with E-state index >= 15 is 0 Å². The third kappa shape index (κ3) is 2.47. The van der Waals surface area contributed by atoms with Crippen molar-refractivity contribution >= 4 is 28.7 Å². The maximum atomic E-state index is 11.8. The normalized spacial score (nSPS) is 16.3. The van der Waals surface area contributed by atoms with E-state index < -0.39 is 6.04 Å². The maximum absolute atomic E-state index is 11.8. The van der Waals surface area contributed by atoms with Crippen LogP contribution in [0, 0.1) is 0 Å². The summed E-state index contributed by atoms with van der Waals surface area (Å²) in [7, 11) is 0. The first-order chi connectivity index (χ1) is 9.13. The van der Waals surface area contributed by atoms with Gasteiger partial charge in [0, 0.05) is 6.04 Å². The average molecular weight is 260 g/mol. The lowest BCUT2D eigenvalue weighted by Gasteiger charge is -2.11. The van der Waals surface area contributed by atoms with Gasteiger partial charge in [0.25, 0.3) is 6.01 Å². The van der Waals surface area contributed by atoms with Crippen molar-refractivity contribution in [1.82, 2.24) is 10.3 Å². The molecule has 1 aromatic heterocycles. The van der Waals surface area contributed by atoms with Gasteiger partial charge in [-0.25, -0.2) is 0 Å². The van der Waals surface area contributed by atoms with Crippen LogP contribution in [-0.4, -0.2) is 23.0 Å². The van der Waals surface area contributed by atoms with Gasteiger partial charge in [0.2, 0.25) is 5.91 Å². The van der Waals surface area contributed by atoms with Crippen LogP contribution in [0.4, 0.5) is 11.7 Å². The van der Waals surface area contributed by atoms with Crippen molar-refractivity contribution in [3.05, 3.63) is 18.2 Å². The molecule has 1 fully saturated rings. The molecule has 0 saturated heterocycles. The predicted octanol–water partition coefficient (Wildman–Crippen LogP) is 1.49. The number of nitrogens with zero attached hydrogens (tertiary/aromatic N) is 1. The number of aromatic nitrogens is 1. The average Bonchev–Trinajstić information content (AvgIpc) is 3.08. The van der Waals surface area contributed by atoms with Crippen LogP contribution in [0.25, 0.3) is 11.1 Å². The SMILES string of the molecule is CC(Nc1nc2c(N)cccc2o1)C(=O)NC1CC1. The molecule has 0 spiro atoms. The molecule has 1 atom stereocenters. The Morgan fingerprint density at radius 3 is 3.00 bits per heavy atom. The molecule has 1 saturated carbocycles. The molecule has 1 heterocycles. The van der Waals surface area contributed by atoms with E-state index in [9.17, 15) is 4.79 Å². The van der Waals surface area contributed by atoms with Gasteiger partial charge in [0.15, 0.2) is 5.58 Å². The zero-order valence-electron chi connectivity index (χ0n) is 10.6. The highest BCUT2D eigenvalue weighted by atomic mass is 16.4. The number of amides is 1. The number of rotatable bonds is 4. The number of nitrogens with two attached hydrogens (primary N) is 1. The zero-order valence-corrected chi connectivity index (χ0v) is 10.6. The predicted molar refractivity (Wildman–Crippen MR) is 72.7 cm³/mol. The molecule has 0 radical (unpaired) electrons. The van der Waals surface area contributed by atoms with Crippen LogP contribution in [0.5, 0.6) is 0 Å². The Balaban J connectivity index is 1.73. The molecule has 1 amide bonds. The van der Waals surface area contributed by atoms with E-state index in [0.29, 0.717) is 28.8 Å². The van der Waals surface area contributed by atoms with Crippen molar-refractivity contribution in [1.29, 1.82) is 0 Å². The van der Waals surface area contributed by atoms with Crippen LogP contribution in [0.3, 0.4) is 0 Å². The summed E-state index contributed by atoms with van der Waals surface area (Å²) in [5.41, 5.74) is 7.58. The van der Waals surface area contributed by atoms with E-state index in [1.165, 1.54) is 0 Å². The Morgan fingerprint density at radius 2 is 2.32 bits per heavy atom. The smallest absolute Gasteiger partial charge is 0.296 e. The number of oxazole rings is 1. The number of carbonyl (C=O) groups excluding carboxylic acids is 1. The van der Waals surface area contributed by atoms with Gasteiger partial charge < -0.3 is 20.8 Å². The highest BCUT2D eigenvalue weighted by Crippen LogP contribution is 2.24. The fourth-order valence-corrected chi connectivity index (χ4v) is 1.84. The first-order valence-electron chi connectivity index (χ1n) is 6.35. The third-order valence-electron chi connectivity index (χ3n) is 3.11. The molecule has 1 aliphatic carbocycles. The fraction of sp³-hybridized carbons (Fsp3) is 0.385. The van der Waals surface area contributed by atoms with Crippen LogP contribution >= 0.6 is 0 Å². The van der Waals surface area contributed by atoms with Gasteiger partial charge in [-0.15, -0.1) is 0 Å². The van der Waals surface area contributed by atoms with E-state index in [2.05, 4.69) is 15.6 Å². The molecule has 3 rings (SSSR count). The van der Waals surface area contributed by atoms with E-state index in [1.807, 2.05) is 0 Å². The molecular formula is C13H16N4O2. The maximum Gasteiger partial charge on any atom is 0.296 e. The van der Waals surface area contributed by atoms with Gasteiger partial charge in [0.1, 0.15) is 11.6 Å². The van der Waals surface area contributed by atoms with Crippen LogP contribution in [0.1, 0.15) is 19.8 Å². The molecule has 1 unspecified atom stereocenters. The highest BCUT2D eigenvalue weighted by Gasteiger charge is 2.26. The Hall–Kier alpha value is -2.24. The van der Waals surface area contributed by atoms with Crippen molar-refractivity contribution in [3.8, 4) is 0 Å². The highest BCUT2D eigenvalue weighted by molar-refractivity contribution is 5.87. The summed E-state index contributed by atoms with van der Waals surface area (Å²) >= 11 is 0. The minimum atomic E-state index is -0.394. The van der Waals surface area contributed by atoms with Gasteiger partial charge in [-0.3, -0.25) is 4.79 Å². The summed E-state index contributed by atoms with van der Waals surface area (Å²) < 4.78 is 5.51. The molecule has 100 valence electrons. The molecule has 2 aromatic rings. The van der Waals surface area contributed by atoms with Gasteiger partial charge in [-0.1, -0.05) is 6.07 Å². The number of nitrogen functional groups attached to an aromatic ring is 1. The van der Waals surface area contributed by atoms with Gasteiger partial charge in [-0.05, 0) is 31.9 Å². The lowest BCUT2D eigenvalue weighted by atomic mass is 10.3. The Morgan fingerprint density at radius 1 is 1.53 bits per heavy atom. The molecule has 0 bridgehead atoms. The molecule has 6 nitrogen and oxygen atoms in total. The largest absolute Gasteiger partial charge is 0.423 e. The second kappa shape index (κ2) is 4.46. The van der Waals surface area contributed by atoms with Crippen LogP contribution in [-0.2, 0) is 4.79 Å². The number of fused-ring (bicyclic) bond motifs is 1. The second-order valence-electron chi connectivity index (χ2n) is 4.86. The number of hydrogen-bond donors (Lipinski definition) is 3. The van der Waals surface area contributed by atoms with Crippen molar-refractivity contribution in [2.45, 2.75) is 31.8 Å². The van der Waals surface area contributed by atoms with Gasteiger partial charge >= 0.3 is 0 Å². The molecule has 6 heteroatoms. The second-order valence-corrected chi connectivity index (χ2v) is 4.86. The van der Waals surface area contributed by atoms with E-state index in [0.717, 1.165) is 12.8 Å². The number of nitrogens with one attached hydrogen (secondary N) is 2. The first-order valence-corrected chi connectivity index (χ1v) is 6.35. The van der Waals surface area contributed by atoms with Crippen LogP contribution in [0.2, 0.25) is 0 Å². The third-order valence-corrected chi connectivity index (χ3v) is 3.11. The summed E-state index contributed by atoms with van der Waals surface area (Å²) in [6, 6.07) is 5.62. The Bertz CT molecular complexity index is 618. The molecule has 1 aliphatic rings. The minimum Gasteiger partial charge on any atom is -0.423 e. The quantitative estimate of drug-likeness (QED) is 0.724. The van der Waals surface area contributed by atoms with Crippen LogP contribution < -0.4 is 16.4 Å². The molecule has 1 aromatic carbocycles. The summed E-state index contributed by atoms with van der Waals surface area (Å²) in [6.07, 6.45) is 2.13. The summed E-state index contributed by atoms with van der Waals surface area (Å²) in [5.74, 6) is -0.0438. The summed E-state index contributed by atoms with van der Waals surface area (Å²) in [5, 5.41) is 5.87. The van der Waals surface area contributed by atoms with Crippen molar-refractivity contribution in [2.24, 2.45) is 0 Å². The summed E-state index contributed by atoms with van der Waals surface area (Å²) in [4.78, 5) is 16.1. The van der Waals surface area contributed by atoms with Gasteiger partial charge in [-0.2, -0.15) is 4.98 Å². The number of anilines is 2. The zero-order chi connectivity index (χ0) is 13.4. The van der Waals surface area contributed by atoms with E-state index in [4.69, 9.17) is 10.2 Å². The topological polar surface area (TPSA) is 93.2 Å². The lowest BCUT2D eigenvalue weighted by molar-refractivity contribution is -0.121. The number of benzene rings is 1. The van der Waals surface area contributed by atoms with E-state index in [1.54, 1.807) is 25.1 Å². The van der Waals surface area contributed by atoms with Crippen molar-refractivity contribution in [3.63, 3.8) is 0 Å². The Labute approximate surface area is 110 Å². The minimum absolute atomic E-state index is 0.0438. The van der Waals surface area contributed by atoms with E-state index in [-0.39, 0.29) is 5.91 Å². The molecule has 19 heavy (non-hydrogen) atoms. The Kier molecular flexibility index (Phi) is 2.77. The number of carbonyl (C=O) groups is 1. The van der Waals surface area contributed by atoms with Crippen molar-refractivity contribution in [2.75, 3.05) is 11.1 Å². The lowest BCUT2D eigenvalue weighted by Crippen LogP contribution is -2.38. The molecule has 4 N–H and O–H groups in total. The summed E-state index contributed by atoms with van der Waals surface area (Å²) in [6.45, 7) is 1.77. The van der Waals surface area contributed by atoms with Gasteiger partial charge in [0.05, 0.1) is 5.69 Å². The molecular weight excluding hydrogens is 244 g/mol. The van der Waals surface area contributed by atoms with Crippen molar-refractivity contribution < 1.29 is 9.21 Å². The number of hydrogen-bond acceptors (Lipinski definition) is 5. The van der Waals surface area contributed by atoms with Crippen LogP contribution in [0.15, 0.2) is 22.6 Å². The fourth-order valence-electron chi connectivity index (χ4n) is 1.84. The first kappa shape index (κ1) is 11.8.